The van der Waals surface area contributed by atoms with Crippen LogP contribution in [-0.2, 0) is 0 Å². The van der Waals surface area contributed by atoms with Gasteiger partial charge in [0, 0.05) is 2.85 Å². The highest BCUT2D eigenvalue weighted by Crippen LogP contribution is 0.151. The molecule has 0 fully saturated rings. The maximum atomic E-state index is 0. The largest absolute Gasteiger partial charge is 1.00 e. The molecule has 0 aromatic rings. The zero-order chi connectivity index (χ0) is 0. The van der Waals surface area contributed by atoms with Gasteiger partial charge in [0.05, 0.1) is 0 Å². The molecule has 10 heavy (non-hydrogen) atoms. The fourth-order valence-corrected chi connectivity index (χ4v) is 0. The molecule has 0 spiro atoms. The molecule has 4 N–H and O–H groups in total. The van der Waals surface area contributed by atoms with Crippen molar-refractivity contribution in [1.82, 2.24) is 0 Å². The van der Waals surface area contributed by atoms with Crippen LogP contribution in [0.4, 0.5) is 0 Å². The number of hydrogen-bond donors (Lipinski definition) is 0. The Bertz CT molecular complexity index is 22.5. The highest BCUT2D eigenvalue weighted by Gasteiger charge is -0.0705. The van der Waals surface area contributed by atoms with Gasteiger partial charge in [-0.2, -0.15) is 0 Å². The van der Waals surface area contributed by atoms with Crippen LogP contribution in [0.3, 0.4) is 0 Å². The van der Waals surface area contributed by atoms with E-state index in [0.717, 1.165) is 0 Å². The number of rotatable bonds is 0. The SMILES string of the molecule is C.C.C.C.C.C.C.C.O.O.[H+].[H+].[H+].[H+].[HH].[HH]. The maximum Gasteiger partial charge on any atom is 1.00 e. The molecule has 0 aromatic carbocycles. The molecule has 0 saturated carbocycles. The molecule has 0 radical (unpaired) electrons. The molecule has 2 nitrogen and oxygen atoms in total. The first kappa shape index (κ1) is 123000. The van der Waals surface area contributed by atoms with Crippen LogP contribution in [0.2, 0.25) is 0 Å². The van der Waals surface area contributed by atoms with Gasteiger partial charge >= 0.3 is 5.71 Å². The van der Waals surface area contributed by atoms with E-state index in [9.17, 15) is 0 Å². The van der Waals surface area contributed by atoms with Crippen LogP contribution in [0.5, 0.6) is 0 Å². The van der Waals surface area contributed by atoms with Gasteiger partial charge in [-0.05, 0) is 0 Å². The molecular weight excluding hydrogens is 128 g/mol. The van der Waals surface area contributed by atoms with Crippen molar-refractivity contribution < 1.29 is 19.5 Å². The molecule has 0 aliphatic heterocycles. The van der Waals surface area contributed by atoms with E-state index in [1.165, 1.54) is 0 Å². The first-order valence-corrected chi connectivity index (χ1v) is 0. The Hall–Kier alpha value is -0.0800. The van der Waals surface area contributed by atoms with E-state index in [0.29, 0.717) is 0 Å². The van der Waals surface area contributed by atoms with Crippen molar-refractivity contribution >= 4 is 0 Å². The minimum atomic E-state index is 0. The summed E-state index contributed by atoms with van der Waals surface area (Å²) in [6.07, 6.45) is 0. The van der Waals surface area contributed by atoms with E-state index >= 15 is 0 Å². The van der Waals surface area contributed by atoms with Crippen LogP contribution in [0.15, 0.2) is 0 Å². The lowest BCUT2D eigenvalue weighted by atomic mass is 12.0. The molecule has 0 aromatic heterocycles. The summed E-state index contributed by atoms with van der Waals surface area (Å²) in [5.41, 5.74) is 0. The van der Waals surface area contributed by atoms with Crippen molar-refractivity contribution in [2.75, 3.05) is 0 Å². The van der Waals surface area contributed by atoms with E-state index in [-0.39, 0.29) is 78.9 Å². The van der Waals surface area contributed by atoms with Crippen LogP contribution >= 0.6 is 0 Å². The first-order valence-electron chi connectivity index (χ1n) is 0. The Labute approximate surface area is 80.2 Å². The van der Waals surface area contributed by atoms with Crippen molar-refractivity contribution in [2.24, 2.45) is 0 Å². The normalized spacial score (nSPS) is 0. The lowest BCUT2D eigenvalue weighted by Crippen LogP contribution is -0.290. The van der Waals surface area contributed by atoms with Crippen molar-refractivity contribution in [1.29, 1.82) is 0 Å². The average Bonchev–Trinajstić information content (AvgIpc) is 0. The maximum absolute atomic E-state index is 0. The van der Waals surface area contributed by atoms with E-state index < -0.39 is 0 Å². The highest BCUT2D eigenvalue weighted by molar-refractivity contribution is 2.51. The minimum absolute atomic E-state index is 0. The minimum Gasteiger partial charge on any atom is -0.412 e. The predicted octanol–water partition coefficient (Wildman–Crippen LogP) is 4.38. The van der Waals surface area contributed by atoms with Gasteiger partial charge in [-0.3, -0.25) is 0 Å². The summed E-state index contributed by atoms with van der Waals surface area (Å²) in [4.78, 5) is 0. The van der Waals surface area contributed by atoms with Gasteiger partial charge in [0.25, 0.3) is 0 Å². The second kappa shape index (κ2) is 87400. The molecule has 2 heteroatoms. The fraction of sp³-hybridized carbons (Fsp3) is 1.00. The molecule has 0 atom stereocenters. The third-order valence-electron chi connectivity index (χ3n) is 0. The lowest BCUT2D eigenvalue weighted by Gasteiger charge is -0.413. The quantitative estimate of drug-likeness (QED) is 0.520. The monoisotopic (exact) mass is 172 g/mol. The summed E-state index contributed by atoms with van der Waals surface area (Å²) in [6, 6.07) is 0. The molecule has 0 saturated heterocycles. The second-order valence-electron chi connectivity index (χ2n) is 0. The van der Waals surface area contributed by atoms with Gasteiger partial charge in [-0.15, -0.1) is 0 Å². The van der Waals surface area contributed by atoms with Crippen LogP contribution in [0.25, 0.3) is 0 Å². The Morgan fingerprint density at radius 2 is 0.400 bits per heavy atom. The Kier molecular flexibility index (Phi) is 1080000000. The van der Waals surface area contributed by atoms with Crippen LogP contribution in [0, 0.1) is 0 Å². The molecule has 0 heterocycles. The van der Waals surface area contributed by atoms with Crippen molar-refractivity contribution in [3.05, 3.63) is 0 Å². The predicted molar refractivity (Wildman–Crippen MR) is 69.8 cm³/mol. The third kappa shape index (κ3) is 59300. The van der Waals surface area contributed by atoms with E-state index in [1.54, 1.807) is 0 Å². The molecule has 0 unspecified atom stereocenters. The van der Waals surface area contributed by atoms with Gasteiger partial charge in [0.1, 0.15) is 0 Å². The molecule has 0 aliphatic carbocycles. The average molecular weight is 172 g/mol. The topological polar surface area (TPSA) is 63.0 Å². The van der Waals surface area contributed by atoms with Crippen LogP contribution < -0.4 is 0 Å². The Balaban J connectivity index is 0. The Morgan fingerprint density at radius 1 is 0.400 bits per heavy atom. The summed E-state index contributed by atoms with van der Waals surface area (Å²) in [7, 11) is 0. The summed E-state index contributed by atoms with van der Waals surface area (Å²) in [5.74, 6) is 0. The lowest BCUT2D eigenvalue weighted by molar-refractivity contribution is 0.823. The first-order chi connectivity index (χ1) is 0. The molecule has 0 rings (SSSR count). The van der Waals surface area contributed by atoms with E-state index in [4.69, 9.17) is 0 Å². The van der Waals surface area contributed by atoms with Crippen molar-refractivity contribution in [3.8, 4) is 0 Å². The van der Waals surface area contributed by atoms with Crippen LogP contribution in [-0.4, -0.2) is 11.0 Å². The van der Waals surface area contributed by atoms with Crippen molar-refractivity contribution in [3.63, 3.8) is 0 Å². The van der Waals surface area contributed by atoms with E-state index in [1.807, 2.05) is 0 Å². The standard InChI is InChI=1S/8CH4.2H2O.2H2/h8*1H4;2*1H2;2*1H/p+4. The van der Waals surface area contributed by atoms with Crippen molar-refractivity contribution in [2.45, 2.75) is 59.4 Å². The zero-order valence-electron chi connectivity index (χ0n) is 5.00. The molecule has 0 bridgehead atoms. The molecular formula is C8H44O2+4. The van der Waals surface area contributed by atoms with E-state index in [2.05, 4.69) is 0 Å². The van der Waals surface area contributed by atoms with Gasteiger partial charge in [0.15, 0.2) is 0 Å². The molecule has 0 amide bonds. The van der Waals surface area contributed by atoms with Gasteiger partial charge < -0.3 is 11.0 Å². The fourth-order valence-electron chi connectivity index (χ4n) is 0. The summed E-state index contributed by atoms with van der Waals surface area (Å²) >= 11 is 0. The van der Waals surface area contributed by atoms with Gasteiger partial charge in [-0.1, -0.05) is 59.4 Å². The molecule has 0 aliphatic rings. The smallest absolute Gasteiger partial charge is 0.412 e. The summed E-state index contributed by atoms with van der Waals surface area (Å²) in [6.45, 7) is 0. The Morgan fingerprint density at radius 3 is 0.400 bits per heavy atom. The van der Waals surface area contributed by atoms with Gasteiger partial charge in [0.2, 0.25) is 0 Å². The summed E-state index contributed by atoms with van der Waals surface area (Å²) < 4.78 is 0. The third-order valence-corrected chi connectivity index (χ3v) is 0. The highest BCUT2D eigenvalue weighted by atomic mass is 16.0. The second-order valence-corrected chi connectivity index (χ2v) is 0. The molecule has 84 valence electrons. The zero-order valence-corrected chi connectivity index (χ0v) is 1.00. The number of hydrogen-bond acceptors (Lipinski definition) is 0. The van der Waals surface area contributed by atoms with Gasteiger partial charge in [-0.25, -0.2) is 0 Å². The van der Waals surface area contributed by atoms with Crippen LogP contribution in [0.1, 0.15) is 68.0 Å². The summed E-state index contributed by atoms with van der Waals surface area (Å²) in [5, 5.41) is 0.